The molecule has 2 aliphatic rings. The lowest BCUT2D eigenvalue weighted by Gasteiger charge is -2.39. The van der Waals surface area contributed by atoms with E-state index in [-0.39, 0.29) is 30.8 Å². The molecule has 1 N–H and O–H groups in total. The van der Waals surface area contributed by atoms with Gasteiger partial charge in [0.15, 0.2) is 5.83 Å². The number of carbonyl (C=O) groups is 3. The number of alkyl halides is 3. The van der Waals surface area contributed by atoms with Crippen LogP contribution in [0.1, 0.15) is 34.8 Å². The van der Waals surface area contributed by atoms with Crippen LogP contribution in [0.25, 0.3) is 22.2 Å². The van der Waals surface area contributed by atoms with Crippen molar-refractivity contribution in [2.75, 3.05) is 31.5 Å². The van der Waals surface area contributed by atoms with E-state index < -0.39 is 29.5 Å². The van der Waals surface area contributed by atoms with Gasteiger partial charge in [0.25, 0.3) is 11.8 Å². The number of hydrogen-bond acceptors (Lipinski definition) is 4. The molecule has 2 saturated heterocycles. The summed E-state index contributed by atoms with van der Waals surface area (Å²) in [6, 6.07) is 18.5. The lowest BCUT2D eigenvalue weighted by molar-refractivity contribution is -0.137. The first-order valence-corrected chi connectivity index (χ1v) is 14.5. The average Bonchev–Trinajstić information content (AvgIpc) is 3.39. The van der Waals surface area contributed by atoms with Crippen LogP contribution in [0.2, 0.25) is 0 Å². The summed E-state index contributed by atoms with van der Waals surface area (Å²) in [7, 11) is 0. The van der Waals surface area contributed by atoms with Crippen LogP contribution in [0, 0.1) is 5.92 Å². The quantitative estimate of drug-likeness (QED) is 0.209. The van der Waals surface area contributed by atoms with Gasteiger partial charge in [-0.1, -0.05) is 49.0 Å². The number of carbonyl (C=O) groups excluding carboxylic acids is 3. The largest absolute Gasteiger partial charge is 0.416 e. The minimum Gasteiger partial charge on any atom is -0.339 e. The molecule has 8 nitrogen and oxygen atoms in total. The molecule has 3 heterocycles. The molecular formula is C33H29F4N5O3. The highest BCUT2D eigenvalue weighted by atomic mass is 19.4. The van der Waals surface area contributed by atoms with E-state index in [0.29, 0.717) is 59.3 Å². The number of rotatable bonds is 6. The number of aromatic nitrogens is 2. The van der Waals surface area contributed by atoms with Gasteiger partial charge in [-0.25, -0.2) is 4.39 Å². The summed E-state index contributed by atoms with van der Waals surface area (Å²) in [6.07, 6.45) is -3.55. The van der Waals surface area contributed by atoms with Crippen LogP contribution in [0.4, 0.5) is 23.2 Å². The SMILES string of the molecule is C=C(F)C(=O)N1CC(n2nc(-c3ccc(C(F)(F)F)cc3)c3cccc(C(=O)N4CCC(C(=O)Nc5ccccc5)CC4)c32)C1. The highest BCUT2D eigenvalue weighted by molar-refractivity contribution is 6.09. The summed E-state index contributed by atoms with van der Waals surface area (Å²) in [5, 5.41) is 8.21. The number of likely N-dealkylation sites (tertiary alicyclic amines) is 2. The molecule has 12 heteroatoms. The Bertz CT molecular complexity index is 1770. The Kier molecular flexibility index (Phi) is 7.90. The van der Waals surface area contributed by atoms with Gasteiger partial charge in [-0.05, 0) is 43.2 Å². The van der Waals surface area contributed by atoms with Crippen LogP contribution in [-0.4, -0.2) is 63.5 Å². The van der Waals surface area contributed by atoms with E-state index in [1.165, 1.54) is 17.0 Å². The number of piperidine rings is 1. The maximum atomic E-state index is 14.0. The average molecular weight is 620 g/mol. The summed E-state index contributed by atoms with van der Waals surface area (Å²) in [5.41, 5.74) is 1.51. The molecule has 0 spiro atoms. The van der Waals surface area contributed by atoms with E-state index in [4.69, 9.17) is 5.10 Å². The number of benzene rings is 3. The first kappa shape index (κ1) is 30.0. The molecule has 232 valence electrons. The van der Waals surface area contributed by atoms with Crippen molar-refractivity contribution < 1.29 is 31.9 Å². The van der Waals surface area contributed by atoms with E-state index >= 15 is 0 Å². The molecule has 0 aliphatic carbocycles. The molecule has 4 aromatic rings. The topological polar surface area (TPSA) is 87.5 Å². The third-order valence-corrected chi connectivity index (χ3v) is 8.37. The fourth-order valence-electron chi connectivity index (χ4n) is 5.89. The van der Waals surface area contributed by atoms with Crippen molar-refractivity contribution in [3.63, 3.8) is 0 Å². The first-order chi connectivity index (χ1) is 21.5. The smallest absolute Gasteiger partial charge is 0.339 e. The molecular weight excluding hydrogens is 590 g/mol. The zero-order valence-corrected chi connectivity index (χ0v) is 24.1. The molecule has 0 bridgehead atoms. The molecule has 2 fully saturated rings. The fourth-order valence-corrected chi connectivity index (χ4v) is 5.89. The third-order valence-electron chi connectivity index (χ3n) is 8.37. The highest BCUT2D eigenvalue weighted by Gasteiger charge is 2.37. The predicted molar refractivity (Wildman–Crippen MR) is 160 cm³/mol. The Morgan fingerprint density at radius 1 is 0.867 bits per heavy atom. The number of hydrogen-bond donors (Lipinski definition) is 1. The summed E-state index contributed by atoms with van der Waals surface area (Å²) in [6.45, 7) is 4.01. The Labute approximate surface area is 255 Å². The molecule has 0 saturated carbocycles. The summed E-state index contributed by atoms with van der Waals surface area (Å²) < 4.78 is 54.8. The van der Waals surface area contributed by atoms with Crippen molar-refractivity contribution in [2.45, 2.75) is 25.1 Å². The van der Waals surface area contributed by atoms with Gasteiger partial charge in [-0.15, -0.1) is 0 Å². The summed E-state index contributed by atoms with van der Waals surface area (Å²) in [4.78, 5) is 41.8. The van der Waals surface area contributed by atoms with E-state index in [2.05, 4.69) is 11.9 Å². The second-order valence-corrected chi connectivity index (χ2v) is 11.3. The maximum Gasteiger partial charge on any atom is 0.416 e. The third kappa shape index (κ3) is 5.92. The summed E-state index contributed by atoms with van der Waals surface area (Å²) >= 11 is 0. The van der Waals surface area contributed by atoms with Crippen LogP contribution < -0.4 is 5.32 Å². The normalized spacial score (nSPS) is 16.0. The standard InChI is InChI=1S/C33H29F4N5O3/c1-20(34)31(44)41-18-25(19-41)42-29-26(28(39-42)21-10-12-23(13-11-21)33(35,36)37)8-5-9-27(29)32(45)40-16-14-22(15-17-40)30(43)38-24-6-3-2-4-7-24/h2-13,22,25H,1,14-19H2,(H,38,43). The Morgan fingerprint density at radius 2 is 1.53 bits per heavy atom. The second kappa shape index (κ2) is 11.8. The Hall–Kier alpha value is -5.00. The molecule has 45 heavy (non-hydrogen) atoms. The lowest BCUT2D eigenvalue weighted by atomic mass is 9.95. The van der Waals surface area contributed by atoms with Crippen molar-refractivity contribution in [1.82, 2.24) is 19.6 Å². The zero-order chi connectivity index (χ0) is 31.9. The highest BCUT2D eigenvalue weighted by Crippen LogP contribution is 2.37. The molecule has 3 aromatic carbocycles. The summed E-state index contributed by atoms with van der Waals surface area (Å²) in [5.74, 6) is -2.55. The zero-order valence-electron chi connectivity index (χ0n) is 24.1. The number of fused-ring (bicyclic) bond motifs is 1. The van der Waals surface area contributed by atoms with Gasteiger partial charge in [0.05, 0.1) is 22.7 Å². The molecule has 3 amide bonds. The van der Waals surface area contributed by atoms with Gasteiger partial charge in [-0.2, -0.15) is 18.3 Å². The van der Waals surface area contributed by atoms with Gasteiger partial charge >= 0.3 is 6.18 Å². The Balaban J connectivity index is 1.29. The molecule has 0 radical (unpaired) electrons. The number of nitrogens with one attached hydrogen (secondary N) is 1. The molecule has 6 rings (SSSR count). The predicted octanol–water partition coefficient (Wildman–Crippen LogP) is 6.08. The second-order valence-electron chi connectivity index (χ2n) is 11.3. The van der Waals surface area contributed by atoms with Gasteiger partial charge in [0.1, 0.15) is 5.69 Å². The minimum absolute atomic E-state index is 0.102. The van der Waals surface area contributed by atoms with Gasteiger partial charge in [0.2, 0.25) is 5.91 Å². The van der Waals surface area contributed by atoms with Crippen molar-refractivity contribution >= 4 is 34.3 Å². The van der Waals surface area contributed by atoms with Crippen molar-refractivity contribution in [3.05, 3.63) is 96.3 Å². The van der Waals surface area contributed by atoms with Crippen LogP contribution >= 0.6 is 0 Å². The van der Waals surface area contributed by atoms with E-state index in [9.17, 15) is 31.9 Å². The van der Waals surface area contributed by atoms with Crippen LogP contribution in [0.15, 0.2) is 85.2 Å². The minimum atomic E-state index is -4.50. The van der Waals surface area contributed by atoms with Gasteiger partial charge in [-0.3, -0.25) is 19.1 Å². The van der Waals surface area contributed by atoms with Gasteiger partial charge < -0.3 is 15.1 Å². The first-order valence-electron chi connectivity index (χ1n) is 14.5. The lowest BCUT2D eigenvalue weighted by Crippen LogP contribution is -2.51. The number of para-hydroxylation sites is 2. The number of amides is 3. The molecule has 1 aromatic heterocycles. The van der Waals surface area contributed by atoms with Crippen LogP contribution in [0.3, 0.4) is 0 Å². The van der Waals surface area contributed by atoms with E-state index in [1.54, 1.807) is 27.8 Å². The van der Waals surface area contributed by atoms with Crippen molar-refractivity contribution in [2.24, 2.45) is 5.92 Å². The number of anilines is 1. The van der Waals surface area contributed by atoms with E-state index in [0.717, 1.165) is 12.1 Å². The van der Waals surface area contributed by atoms with E-state index in [1.807, 2.05) is 30.3 Å². The Morgan fingerprint density at radius 3 is 2.16 bits per heavy atom. The van der Waals surface area contributed by atoms with Gasteiger partial charge in [0, 0.05) is 48.7 Å². The van der Waals surface area contributed by atoms with Crippen molar-refractivity contribution in [1.29, 1.82) is 0 Å². The van der Waals surface area contributed by atoms with Crippen molar-refractivity contribution in [3.8, 4) is 11.3 Å². The van der Waals surface area contributed by atoms with Crippen LogP contribution in [-0.2, 0) is 15.8 Å². The number of nitrogens with zero attached hydrogens (tertiary/aromatic N) is 4. The number of halogens is 4. The monoisotopic (exact) mass is 619 g/mol. The maximum absolute atomic E-state index is 14.0. The molecule has 0 atom stereocenters. The van der Waals surface area contributed by atoms with Crippen LogP contribution in [0.5, 0.6) is 0 Å². The molecule has 0 unspecified atom stereocenters. The molecule has 2 aliphatic heterocycles. The fraction of sp³-hybridized carbons (Fsp3) is 0.273.